The van der Waals surface area contributed by atoms with Gasteiger partial charge in [0, 0.05) is 34.4 Å². The number of nitrogens with one attached hydrogen (secondary N) is 1. The summed E-state index contributed by atoms with van der Waals surface area (Å²) in [6.45, 7) is 1.55. The molecule has 0 aliphatic heterocycles. The molecule has 1 aliphatic carbocycles. The number of rotatable bonds is 4. The van der Waals surface area contributed by atoms with Crippen molar-refractivity contribution in [2.75, 3.05) is 6.26 Å². The lowest BCUT2D eigenvalue weighted by Crippen LogP contribution is -2.07. The molecule has 1 aliphatic rings. The summed E-state index contributed by atoms with van der Waals surface area (Å²) < 4.78 is 38.7. The van der Waals surface area contributed by atoms with E-state index in [4.69, 9.17) is 0 Å². The Bertz CT molecular complexity index is 1210. The zero-order valence-electron chi connectivity index (χ0n) is 14.6. The van der Waals surface area contributed by atoms with Crippen LogP contribution in [-0.2, 0) is 9.84 Å². The zero-order valence-corrected chi connectivity index (χ0v) is 15.4. The smallest absolute Gasteiger partial charge is 0.355 e. The summed E-state index contributed by atoms with van der Waals surface area (Å²) in [5.74, 6) is -1.89. The molecule has 7 nitrogen and oxygen atoms in total. The zero-order chi connectivity index (χ0) is 19.5. The standard InChI is InChI=1S/C18H16FN3O4S/c1-8-5-10(11(19)6-13(8)27(2,25)26)14-15-12(7-20-17(14)18(23)24)21-22-16(15)9-3-4-9/h5-7,9H,3-4H2,1-2H3,(H,21,22)(H,23,24). The van der Waals surface area contributed by atoms with E-state index in [-0.39, 0.29) is 27.6 Å². The molecule has 2 aromatic heterocycles. The second-order valence-electron chi connectivity index (χ2n) is 6.83. The number of carboxylic acids is 1. The molecule has 4 rings (SSSR count). The fourth-order valence-corrected chi connectivity index (χ4v) is 4.34. The van der Waals surface area contributed by atoms with E-state index in [1.807, 2.05) is 0 Å². The number of aromatic amines is 1. The van der Waals surface area contributed by atoms with Gasteiger partial charge in [-0.2, -0.15) is 5.10 Å². The van der Waals surface area contributed by atoms with E-state index in [2.05, 4.69) is 15.2 Å². The van der Waals surface area contributed by atoms with Crippen LogP contribution >= 0.6 is 0 Å². The molecule has 27 heavy (non-hydrogen) atoms. The molecular weight excluding hydrogens is 373 g/mol. The summed E-state index contributed by atoms with van der Waals surface area (Å²) in [5, 5.41) is 17.2. The first-order valence-electron chi connectivity index (χ1n) is 8.29. The SMILES string of the molecule is Cc1cc(-c2c(C(=O)O)ncc3n[nH]c(C4CC4)c23)c(F)cc1S(C)(=O)=O. The minimum absolute atomic E-state index is 0.00120. The van der Waals surface area contributed by atoms with Crippen molar-refractivity contribution in [3.63, 3.8) is 0 Å². The van der Waals surface area contributed by atoms with Gasteiger partial charge in [0.05, 0.1) is 11.1 Å². The van der Waals surface area contributed by atoms with Gasteiger partial charge in [0.15, 0.2) is 15.5 Å². The molecule has 0 amide bonds. The minimum Gasteiger partial charge on any atom is -0.476 e. The van der Waals surface area contributed by atoms with Gasteiger partial charge in [0.1, 0.15) is 11.3 Å². The van der Waals surface area contributed by atoms with E-state index in [9.17, 15) is 22.7 Å². The third-order valence-corrected chi connectivity index (χ3v) is 5.99. The number of aromatic nitrogens is 3. The first kappa shape index (κ1) is 17.6. The van der Waals surface area contributed by atoms with Gasteiger partial charge in [-0.05, 0) is 37.5 Å². The van der Waals surface area contributed by atoms with Gasteiger partial charge in [-0.1, -0.05) is 0 Å². The number of aromatic carboxylic acids is 1. The van der Waals surface area contributed by atoms with Crippen molar-refractivity contribution in [2.24, 2.45) is 0 Å². The van der Waals surface area contributed by atoms with Gasteiger partial charge in [-0.15, -0.1) is 0 Å². The molecule has 3 aromatic rings. The number of carbonyl (C=O) groups is 1. The van der Waals surface area contributed by atoms with Crippen molar-refractivity contribution in [1.82, 2.24) is 15.2 Å². The summed E-state index contributed by atoms with van der Waals surface area (Å²) in [4.78, 5) is 15.6. The van der Waals surface area contributed by atoms with Crippen molar-refractivity contribution < 1.29 is 22.7 Å². The third kappa shape index (κ3) is 2.87. The highest BCUT2D eigenvalue weighted by Crippen LogP contribution is 2.45. The van der Waals surface area contributed by atoms with Gasteiger partial charge in [0.2, 0.25) is 0 Å². The summed E-state index contributed by atoms with van der Waals surface area (Å²) in [7, 11) is -3.62. The van der Waals surface area contributed by atoms with Crippen LogP contribution in [-0.4, -0.2) is 40.9 Å². The van der Waals surface area contributed by atoms with Crippen molar-refractivity contribution in [2.45, 2.75) is 30.6 Å². The van der Waals surface area contributed by atoms with Crippen LogP contribution in [0.3, 0.4) is 0 Å². The molecule has 1 aromatic carbocycles. The average molecular weight is 389 g/mol. The Kier molecular flexibility index (Phi) is 3.81. The Labute approximate surface area is 154 Å². The quantitative estimate of drug-likeness (QED) is 0.709. The highest BCUT2D eigenvalue weighted by molar-refractivity contribution is 7.90. The number of benzene rings is 1. The maximum absolute atomic E-state index is 15.0. The van der Waals surface area contributed by atoms with E-state index in [1.165, 1.54) is 12.3 Å². The summed E-state index contributed by atoms with van der Waals surface area (Å²) in [6, 6.07) is 2.29. The number of nitrogens with zero attached hydrogens (tertiary/aromatic N) is 2. The number of halogens is 1. The molecule has 0 bridgehead atoms. The molecule has 2 heterocycles. The first-order valence-corrected chi connectivity index (χ1v) is 10.2. The number of hydrogen-bond donors (Lipinski definition) is 2. The Morgan fingerprint density at radius 1 is 1.33 bits per heavy atom. The lowest BCUT2D eigenvalue weighted by molar-refractivity contribution is 0.0691. The highest BCUT2D eigenvalue weighted by atomic mass is 32.2. The van der Waals surface area contributed by atoms with Crippen LogP contribution < -0.4 is 0 Å². The normalized spacial score (nSPS) is 14.6. The van der Waals surface area contributed by atoms with E-state index in [0.29, 0.717) is 16.5 Å². The number of fused-ring (bicyclic) bond motifs is 1. The second kappa shape index (κ2) is 5.85. The monoisotopic (exact) mass is 389 g/mol. The Morgan fingerprint density at radius 3 is 2.63 bits per heavy atom. The number of sulfone groups is 1. The molecule has 1 fully saturated rings. The van der Waals surface area contributed by atoms with Crippen LogP contribution in [0.2, 0.25) is 0 Å². The molecule has 1 saturated carbocycles. The van der Waals surface area contributed by atoms with Gasteiger partial charge in [0.25, 0.3) is 0 Å². The largest absolute Gasteiger partial charge is 0.476 e. The fourth-order valence-electron chi connectivity index (χ4n) is 3.38. The van der Waals surface area contributed by atoms with Gasteiger partial charge in [-0.25, -0.2) is 22.6 Å². The molecule has 2 N–H and O–H groups in total. The van der Waals surface area contributed by atoms with Gasteiger partial charge < -0.3 is 5.11 Å². The van der Waals surface area contributed by atoms with Gasteiger partial charge >= 0.3 is 5.97 Å². The predicted molar refractivity (Wildman–Crippen MR) is 96.1 cm³/mol. The molecule has 0 radical (unpaired) electrons. The van der Waals surface area contributed by atoms with Crippen molar-refractivity contribution in [3.8, 4) is 11.1 Å². The minimum atomic E-state index is -3.62. The molecule has 0 saturated heterocycles. The van der Waals surface area contributed by atoms with Crippen molar-refractivity contribution in [3.05, 3.63) is 41.1 Å². The molecule has 0 atom stereocenters. The highest BCUT2D eigenvalue weighted by Gasteiger charge is 2.31. The van der Waals surface area contributed by atoms with Crippen molar-refractivity contribution >= 4 is 26.7 Å². The second-order valence-corrected chi connectivity index (χ2v) is 8.81. The molecule has 0 spiro atoms. The van der Waals surface area contributed by atoms with Crippen LogP contribution in [0.5, 0.6) is 0 Å². The maximum Gasteiger partial charge on any atom is 0.355 e. The maximum atomic E-state index is 15.0. The van der Waals surface area contributed by atoms with E-state index < -0.39 is 21.6 Å². The van der Waals surface area contributed by atoms with E-state index in [0.717, 1.165) is 30.9 Å². The van der Waals surface area contributed by atoms with Crippen LogP contribution in [0.1, 0.15) is 40.5 Å². The predicted octanol–water partition coefficient (Wildman–Crippen LogP) is 3.05. The molecule has 9 heteroatoms. The van der Waals surface area contributed by atoms with E-state index in [1.54, 1.807) is 6.92 Å². The van der Waals surface area contributed by atoms with E-state index >= 15 is 0 Å². The van der Waals surface area contributed by atoms with Gasteiger partial charge in [-0.3, -0.25) is 5.10 Å². The van der Waals surface area contributed by atoms with Crippen LogP contribution in [0.4, 0.5) is 4.39 Å². The Morgan fingerprint density at radius 2 is 2.04 bits per heavy atom. The average Bonchev–Trinajstić information content (AvgIpc) is 3.33. The molecular formula is C18H16FN3O4S. The van der Waals surface area contributed by atoms with Crippen LogP contribution in [0, 0.1) is 12.7 Å². The Balaban J connectivity index is 2.09. The Hall–Kier alpha value is -2.81. The number of aryl methyl sites for hydroxylation is 1. The lowest BCUT2D eigenvalue weighted by atomic mass is 9.95. The number of H-pyrrole nitrogens is 1. The number of pyridine rings is 1. The number of carboxylic acid groups (broad SMARTS) is 1. The lowest BCUT2D eigenvalue weighted by Gasteiger charge is -2.13. The van der Waals surface area contributed by atoms with Crippen molar-refractivity contribution in [1.29, 1.82) is 0 Å². The fraction of sp³-hybridized carbons (Fsp3) is 0.278. The summed E-state index contributed by atoms with van der Waals surface area (Å²) >= 11 is 0. The van der Waals surface area contributed by atoms with Crippen LogP contribution in [0.15, 0.2) is 23.2 Å². The number of hydrogen-bond acceptors (Lipinski definition) is 5. The molecule has 0 unspecified atom stereocenters. The molecule has 140 valence electrons. The topological polar surface area (TPSA) is 113 Å². The first-order chi connectivity index (χ1) is 12.7. The summed E-state index contributed by atoms with van der Waals surface area (Å²) in [5.41, 5.74) is 1.36. The summed E-state index contributed by atoms with van der Waals surface area (Å²) in [6.07, 6.45) is 4.23. The third-order valence-electron chi connectivity index (χ3n) is 4.75. The van der Waals surface area contributed by atoms with Crippen LogP contribution in [0.25, 0.3) is 22.0 Å².